The average molecular weight is 142 g/mol. The SMILES string of the molecule is Oc1ccc(COF)cc1. The Kier molecular flexibility index (Phi) is 2.23. The van der Waals surface area contributed by atoms with Crippen LogP contribution in [0.15, 0.2) is 24.3 Å². The quantitative estimate of drug-likeness (QED) is 0.682. The Bertz CT molecular complexity index is 195. The molecule has 0 saturated heterocycles. The summed E-state index contributed by atoms with van der Waals surface area (Å²) in [4.78, 5) is 3.39. The lowest BCUT2D eigenvalue weighted by Crippen LogP contribution is -1.81. The third-order valence-electron chi connectivity index (χ3n) is 1.16. The number of phenolic OH excluding ortho intramolecular Hbond substituents is 1. The Morgan fingerprint density at radius 1 is 1.30 bits per heavy atom. The molecule has 0 amide bonds. The van der Waals surface area contributed by atoms with E-state index in [9.17, 15) is 4.53 Å². The minimum Gasteiger partial charge on any atom is -0.508 e. The number of halogens is 1. The molecule has 0 bridgehead atoms. The third-order valence-corrected chi connectivity index (χ3v) is 1.16. The van der Waals surface area contributed by atoms with Gasteiger partial charge in [0.1, 0.15) is 12.4 Å². The van der Waals surface area contributed by atoms with Crippen molar-refractivity contribution in [3.8, 4) is 5.75 Å². The van der Waals surface area contributed by atoms with Gasteiger partial charge in [0.05, 0.1) is 0 Å². The molecule has 0 aliphatic carbocycles. The molecule has 2 nitrogen and oxygen atoms in total. The molecule has 1 N–H and O–H groups in total. The van der Waals surface area contributed by atoms with Gasteiger partial charge in [0.15, 0.2) is 0 Å². The molecule has 1 aromatic rings. The molecule has 3 heteroatoms. The van der Waals surface area contributed by atoms with Crippen molar-refractivity contribution in [1.29, 1.82) is 0 Å². The topological polar surface area (TPSA) is 29.5 Å². The monoisotopic (exact) mass is 142 g/mol. The van der Waals surface area contributed by atoms with Gasteiger partial charge in [-0.2, -0.15) is 4.94 Å². The van der Waals surface area contributed by atoms with Crippen molar-refractivity contribution in [2.45, 2.75) is 6.61 Å². The molecule has 0 aromatic heterocycles. The highest BCUT2D eigenvalue weighted by molar-refractivity contribution is 5.25. The maximum atomic E-state index is 11.2. The van der Waals surface area contributed by atoms with Gasteiger partial charge in [0, 0.05) is 0 Å². The highest BCUT2D eigenvalue weighted by atomic mass is 19.3. The van der Waals surface area contributed by atoms with E-state index < -0.39 is 0 Å². The van der Waals surface area contributed by atoms with Crippen LogP contribution in [-0.4, -0.2) is 5.11 Å². The summed E-state index contributed by atoms with van der Waals surface area (Å²) >= 11 is 0. The van der Waals surface area contributed by atoms with Crippen molar-refractivity contribution in [2.24, 2.45) is 0 Å². The number of hydrogen-bond donors (Lipinski definition) is 1. The Morgan fingerprint density at radius 3 is 2.40 bits per heavy atom. The lowest BCUT2D eigenvalue weighted by molar-refractivity contribution is -0.144. The van der Waals surface area contributed by atoms with Gasteiger partial charge < -0.3 is 5.11 Å². The highest BCUT2D eigenvalue weighted by Gasteiger charge is 1.91. The minimum atomic E-state index is -0.0692. The van der Waals surface area contributed by atoms with E-state index in [1.165, 1.54) is 12.1 Å². The predicted octanol–water partition coefficient (Wildman–Crippen LogP) is 1.79. The fourth-order valence-electron chi connectivity index (χ4n) is 0.655. The summed E-state index contributed by atoms with van der Waals surface area (Å²) in [5.41, 5.74) is 0.695. The maximum Gasteiger partial charge on any atom is 0.115 e. The van der Waals surface area contributed by atoms with Crippen LogP contribution >= 0.6 is 0 Å². The van der Waals surface area contributed by atoms with Crippen molar-refractivity contribution in [2.75, 3.05) is 0 Å². The van der Waals surface area contributed by atoms with Gasteiger partial charge in [-0.15, -0.1) is 0 Å². The second-order valence-electron chi connectivity index (χ2n) is 1.92. The lowest BCUT2D eigenvalue weighted by Gasteiger charge is -1.94. The second kappa shape index (κ2) is 3.17. The van der Waals surface area contributed by atoms with Gasteiger partial charge >= 0.3 is 0 Å². The summed E-state index contributed by atoms with van der Waals surface area (Å²) < 4.78 is 11.2. The van der Waals surface area contributed by atoms with Crippen LogP contribution in [0.1, 0.15) is 5.56 Å². The lowest BCUT2D eigenvalue weighted by atomic mass is 10.2. The van der Waals surface area contributed by atoms with E-state index in [0.29, 0.717) is 5.56 Å². The summed E-state index contributed by atoms with van der Waals surface area (Å²) in [6.07, 6.45) is 0. The van der Waals surface area contributed by atoms with Gasteiger partial charge in [-0.25, -0.2) is 0 Å². The summed E-state index contributed by atoms with van der Waals surface area (Å²) in [6, 6.07) is 6.15. The molecule has 0 spiro atoms. The van der Waals surface area contributed by atoms with Crippen molar-refractivity contribution < 1.29 is 14.6 Å². The van der Waals surface area contributed by atoms with Crippen LogP contribution in [0.4, 0.5) is 4.53 Å². The van der Waals surface area contributed by atoms with E-state index in [-0.39, 0.29) is 12.4 Å². The molecule has 0 radical (unpaired) electrons. The summed E-state index contributed by atoms with van der Waals surface area (Å²) in [6.45, 7) is -0.0692. The van der Waals surface area contributed by atoms with Crippen molar-refractivity contribution >= 4 is 0 Å². The standard InChI is InChI=1S/C7H7FO2/c8-10-5-6-1-3-7(9)4-2-6/h1-4,9H,5H2. The summed E-state index contributed by atoms with van der Waals surface area (Å²) in [7, 11) is 0. The van der Waals surface area contributed by atoms with Crippen LogP contribution in [0.2, 0.25) is 0 Å². The number of hydrogen-bond acceptors (Lipinski definition) is 2. The fourth-order valence-corrected chi connectivity index (χ4v) is 0.655. The van der Waals surface area contributed by atoms with Crippen molar-refractivity contribution in [1.82, 2.24) is 0 Å². The molecule has 0 heterocycles. The van der Waals surface area contributed by atoms with E-state index in [1.807, 2.05) is 0 Å². The molecule has 1 rings (SSSR count). The fraction of sp³-hybridized carbons (Fsp3) is 0.143. The first-order chi connectivity index (χ1) is 4.83. The first-order valence-corrected chi connectivity index (χ1v) is 2.84. The maximum absolute atomic E-state index is 11.2. The van der Waals surface area contributed by atoms with Gasteiger partial charge in [0.25, 0.3) is 0 Å². The Labute approximate surface area is 57.8 Å². The predicted molar refractivity (Wildman–Crippen MR) is 34.0 cm³/mol. The molecule has 54 valence electrons. The second-order valence-corrected chi connectivity index (χ2v) is 1.92. The zero-order chi connectivity index (χ0) is 7.40. The first-order valence-electron chi connectivity index (χ1n) is 2.84. The molecule has 0 aliphatic heterocycles. The third kappa shape index (κ3) is 1.70. The van der Waals surface area contributed by atoms with Gasteiger partial charge in [-0.3, -0.25) is 0 Å². The number of rotatable bonds is 2. The van der Waals surface area contributed by atoms with Crippen LogP contribution < -0.4 is 0 Å². The number of benzene rings is 1. The minimum absolute atomic E-state index is 0.0692. The number of aromatic hydroxyl groups is 1. The number of phenols is 1. The zero-order valence-corrected chi connectivity index (χ0v) is 5.25. The zero-order valence-electron chi connectivity index (χ0n) is 5.25. The molecular formula is C7H7FO2. The molecule has 0 aliphatic rings. The molecule has 1 aromatic carbocycles. The largest absolute Gasteiger partial charge is 0.508 e. The van der Waals surface area contributed by atoms with Crippen LogP contribution in [0, 0.1) is 0 Å². The molecule has 0 atom stereocenters. The van der Waals surface area contributed by atoms with Gasteiger partial charge in [0.2, 0.25) is 0 Å². The summed E-state index contributed by atoms with van der Waals surface area (Å²) in [5.74, 6) is 0.169. The van der Waals surface area contributed by atoms with Crippen LogP contribution in [0.3, 0.4) is 0 Å². The average Bonchev–Trinajstić information content (AvgIpc) is 1.95. The Balaban J connectivity index is 2.69. The van der Waals surface area contributed by atoms with Crippen LogP contribution in [0.5, 0.6) is 5.75 Å². The van der Waals surface area contributed by atoms with Gasteiger partial charge in [-0.1, -0.05) is 12.1 Å². The van der Waals surface area contributed by atoms with E-state index >= 15 is 0 Å². The van der Waals surface area contributed by atoms with Crippen molar-refractivity contribution in [3.05, 3.63) is 29.8 Å². The Hall–Kier alpha value is -1.09. The van der Waals surface area contributed by atoms with E-state index in [4.69, 9.17) is 5.11 Å². The first kappa shape index (κ1) is 7.02. The highest BCUT2D eigenvalue weighted by Crippen LogP contribution is 2.09. The Morgan fingerprint density at radius 2 is 1.90 bits per heavy atom. The molecule has 0 fully saturated rings. The molecule has 10 heavy (non-hydrogen) atoms. The van der Waals surface area contributed by atoms with E-state index in [0.717, 1.165) is 0 Å². The van der Waals surface area contributed by atoms with Crippen LogP contribution in [-0.2, 0) is 11.5 Å². The normalized spacial score (nSPS) is 9.70. The molecular weight excluding hydrogens is 135 g/mol. The molecule has 0 unspecified atom stereocenters. The van der Waals surface area contributed by atoms with E-state index in [2.05, 4.69) is 4.94 Å². The molecule has 0 saturated carbocycles. The summed E-state index contributed by atoms with van der Waals surface area (Å²) in [5, 5.41) is 8.79. The van der Waals surface area contributed by atoms with Crippen LogP contribution in [0.25, 0.3) is 0 Å². The van der Waals surface area contributed by atoms with Crippen molar-refractivity contribution in [3.63, 3.8) is 0 Å². The van der Waals surface area contributed by atoms with Gasteiger partial charge in [-0.05, 0) is 22.2 Å². The van der Waals surface area contributed by atoms with E-state index in [1.54, 1.807) is 12.1 Å². The smallest absolute Gasteiger partial charge is 0.115 e.